The molecule has 3 nitrogen and oxygen atoms in total. The highest BCUT2D eigenvalue weighted by Crippen LogP contribution is 2.05. The van der Waals surface area contributed by atoms with E-state index >= 15 is 0 Å². The van der Waals surface area contributed by atoms with Gasteiger partial charge in [-0.3, -0.25) is 4.79 Å². The van der Waals surface area contributed by atoms with Gasteiger partial charge in [-0.25, -0.2) is 0 Å². The highest BCUT2D eigenvalue weighted by molar-refractivity contribution is 5.45. The zero-order chi connectivity index (χ0) is 10.8. The van der Waals surface area contributed by atoms with Crippen LogP contribution >= 0.6 is 0 Å². The van der Waals surface area contributed by atoms with Gasteiger partial charge in [0.05, 0.1) is 0 Å². The molecule has 1 aromatic carbocycles. The van der Waals surface area contributed by atoms with Crippen molar-refractivity contribution in [3.63, 3.8) is 0 Å². The molecule has 0 aromatic heterocycles. The van der Waals surface area contributed by atoms with Crippen molar-refractivity contribution in [2.24, 2.45) is 0 Å². The van der Waals surface area contributed by atoms with Crippen LogP contribution in [0.15, 0.2) is 30.3 Å². The molecule has 0 fully saturated rings. The van der Waals surface area contributed by atoms with Crippen molar-refractivity contribution in [1.82, 2.24) is 5.32 Å². The molecule has 0 bridgehead atoms. The summed E-state index contributed by atoms with van der Waals surface area (Å²) in [4.78, 5) is 9.96. The number of para-hydroxylation sites is 1. The van der Waals surface area contributed by atoms with Crippen LogP contribution in [-0.2, 0) is 4.79 Å². The van der Waals surface area contributed by atoms with Crippen LogP contribution in [0.5, 0.6) is 0 Å². The van der Waals surface area contributed by atoms with Gasteiger partial charge in [-0.05, 0) is 31.4 Å². The fraction of sp³-hybridized carbons (Fsp3) is 0.417. The predicted octanol–water partition coefficient (Wildman–Crippen LogP) is 2.01. The van der Waals surface area contributed by atoms with E-state index in [9.17, 15) is 4.79 Å². The second-order valence-electron chi connectivity index (χ2n) is 3.43. The summed E-state index contributed by atoms with van der Waals surface area (Å²) in [6.07, 6.45) is 4.08. The van der Waals surface area contributed by atoms with Crippen LogP contribution in [0.2, 0.25) is 0 Å². The molecule has 82 valence electrons. The van der Waals surface area contributed by atoms with E-state index in [0.29, 0.717) is 0 Å². The van der Waals surface area contributed by atoms with Crippen molar-refractivity contribution in [3.05, 3.63) is 30.3 Å². The molecular formula is C12H18N2O. The molecular weight excluding hydrogens is 188 g/mol. The van der Waals surface area contributed by atoms with Crippen molar-refractivity contribution >= 4 is 12.1 Å². The topological polar surface area (TPSA) is 41.1 Å². The van der Waals surface area contributed by atoms with Crippen molar-refractivity contribution in [2.75, 3.05) is 18.4 Å². The Bertz CT molecular complexity index is 262. The van der Waals surface area contributed by atoms with Crippen LogP contribution in [-0.4, -0.2) is 19.5 Å². The van der Waals surface area contributed by atoms with E-state index in [1.54, 1.807) is 0 Å². The Hall–Kier alpha value is -1.51. The summed E-state index contributed by atoms with van der Waals surface area (Å²) in [6, 6.07) is 10.2. The Balaban J connectivity index is 1.95. The van der Waals surface area contributed by atoms with E-state index in [4.69, 9.17) is 0 Å². The zero-order valence-electron chi connectivity index (χ0n) is 8.91. The van der Waals surface area contributed by atoms with E-state index in [2.05, 4.69) is 22.8 Å². The van der Waals surface area contributed by atoms with E-state index in [-0.39, 0.29) is 0 Å². The number of hydrogen-bond donors (Lipinski definition) is 2. The Morgan fingerprint density at radius 3 is 2.47 bits per heavy atom. The fourth-order valence-electron chi connectivity index (χ4n) is 1.38. The molecule has 2 N–H and O–H groups in total. The fourth-order valence-corrected chi connectivity index (χ4v) is 1.38. The first-order chi connectivity index (χ1) is 7.43. The molecule has 0 aliphatic rings. The highest BCUT2D eigenvalue weighted by Gasteiger charge is 1.90. The van der Waals surface area contributed by atoms with Gasteiger partial charge in [0.25, 0.3) is 0 Å². The lowest BCUT2D eigenvalue weighted by Gasteiger charge is -2.05. The lowest BCUT2D eigenvalue weighted by molar-refractivity contribution is -0.109. The normalized spacial score (nSPS) is 9.60. The molecule has 0 spiro atoms. The van der Waals surface area contributed by atoms with Crippen LogP contribution in [0.25, 0.3) is 0 Å². The van der Waals surface area contributed by atoms with Gasteiger partial charge >= 0.3 is 0 Å². The van der Waals surface area contributed by atoms with Gasteiger partial charge in [-0.15, -0.1) is 0 Å². The number of carbonyl (C=O) groups excluding carboxylic acids is 1. The van der Waals surface area contributed by atoms with Gasteiger partial charge in [0.2, 0.25) is 6.41 Å². The SMILES string of the molecule is O=CNCCCCCNc1ccccc1. The van der Waals surface area contributed by atoms with Crippen LogP contribution < -0.4 is 10.6 Å². The van der Waals surface area contributed by atoms with Crippen molar-refractivity contribution in [2.45, 2.75) is 19.3 Å². The lowest BCUT2D eigenvalue weighted by atomic mass is 10.2. The van der Waals surface area contributed by atoms with Crippen LogP contribution in [0.1, 0.15) is 19.3 Å². The first-order valence-corrected chi connectivity index (χ1v) is 5.39. The largest absolute Gasteiger partial charge is 0.385 e. The minimum absolute atomic E-state index is 0.752. The number of amides is 1. The molecule has 0 radical (unpaired) electrons. The minimum atomic E-state index is 0.752. The molecule has 0 aliphatic heterocycles. The number of unbranched alkanes of at least 4 members (excludes halogenated alkanes) is 2. The van der Waals surface area contributed by atoms with E-state index in [0.717, 1.165) is 38.8 Å². The monoisotopic (exact) mass is 206 g/mol. The first-order valence-electron chi connectivity index (χ1n) is 5.39. The number of nitrogens with one attached hydrogen (secondary N) is 2. The van der Waals surface area contributed by atoms with Gasteiger partial charge in [-0.1, -0.05) is 18.2 Å². The summed E-state index contributed by atoms with van der Waals surface area (Å²) in [7, 11) is 0. The third-order valence-corrected chi connectivity index (χ3v) is 2.18. The van der Waals surface area contributed by atoms with E-state index in [1.165, 1.54) is 5.69 Å². The molecule has 0 saturated carbocycles. The van der Waals surface area contributed by atoms with Crippen LogP contribution in [0.4, 0.5) is 5.69 Å². The Morgan fingerprint density at radius 2 is 1.73 bits per heavy atom. The zero-order valence-corrected chi connectivity index (χ0v) is 8.91. The third kappa shape index (κ3) is 5.73. The summed E-state index contributed by atoms with van der Waals surface area (Å²) < 4.78 is 0. The summed E-state index contributed by atoms with van der Waals surface area (Å²) in [5.41, 5.74) is 1.17. The van der Waals surface area contributed by atoms with Crippen LogP contribution in [0, 0.1) is 0 Å². The van der Waals surface area contributed by atoms with Crippen molar-refractivity contribution in [1.29, 1.82) is 0 Å². The van der Waals surface area contributed by atoms with Crippen molar-refractivity contribution < 1.29 is 4.79 Å². The van der Waals surface area contributed by atoms with E-state index < -0.39 is 0 Å². The van der Waals surface area contributed by atoms with Gasteiger partial charge < -0.3 is 10.6 Å². The summed E-state index contributed by atoms with van der Waals surface area (Å²) in [5, 5.41) is 6.00. The van der Waals surface area contributed by atoms with Gasteiger partial charge in [0, 0.05) is 18.8 Å². The molecule has 15 heavy (non-hydrogen) atoms. The Labute approximate surface area is 90.9 Å². The molecule has 0 saturated heterocycles. The molecule has 0 atom stereocenters. The molecule has 0 unspecified atom stereocenters. The first kappa shape index (κ1) is 11.6. The molecule has 1 aromatic rings. The van der Waals surface area contributed by atoms with Crippen LogP contribution in [0.3, 0.4) is 0 Å². The number of carbonyl (C=O) groups is 1. The Morgan fingerprint density at radius 1 is 1.00 bits per heavy atom. The van der Waals surface area contributed by atoms with Gasteiger partial charge in [0.1, 0.15) is 0 Å². The maximum Gasteiger partial charge on any atom is 0.207 e. The number of hydrogen-bond acceptors (Lipinski definition) is 2. The summed E-state index contributed by atoms with van der Waals surface area (Å²) in [5.74, 6) is 0. The molecule has 1 amide bonds. The summed E-state index contributed by atoms with van der Waals surface area (Å²) in [6.45, 7) is 1.78. The molecule has 3 heteroatoms. The van der Waals surface area contributed by atoms with Gasteiger partial charge in [0.15, 0.2) is 0 Å². The molecule has 0 heterocycles. The third-order valence-electron chi connectivity index (χ3n) is 2.18. The smallest absolute Gasteiger partial charge is 0.207 e. The number of rotatable bonds is 8. The average molecular weight is 206 g/mol. The Kier molecular flexibility index (Phi) is 6.05. The predicted molar refractivity (Wildman–Crippen MR) is 62.8 cm³/mol. The molecule has 1 rings (SSSR count). The second-order valence-corrected chi connectivity index (χ2v) is 3.43. The lowest BCUT2D eigenvalue weighted by Crippen LogP contribution is -2.12. The average Bonchev–Trinajstić information content (AvgIpc) is 2.29. The maximum absolute atomic E-state index is 9.96. The minimum Gasteiger partial charge on any atom is -0.385 e. The standard InChI is InChI=1S/C12H18N2O/c15-11-13-9-5-2-6-10-14-12-7-3-1-4-8-12/h1,3-4,7-8,11,14H,2,5-6,9-10H2,(H,13,15). The number of anilines is 1. The quantitative estimate of drug-likeness (QED) is 0.504. The molecule has 0 aliphatic carbocycles. The highest BCUT2D eigenvalue weighted by atomic mass is 16.1. The second kappa shape index (κ2) is 7.85. The maximum atomic E-state index is 9.96. The number of benzene rings is 1. The van der Waals surface area contributed by atoms with E-state index in [1.807, 2.05) is 18.2 Å². The summed E-state index contributed by atoms with van der Waals surface area (Å²) >= 11 is 0. The van der Waals surface area contributed by atoms with Crippen molar-refractivity contribution in [3.8, 4) is 0 Å². The van der Waals surface area contributed by atoms with Gasteiger partial charge in [-0.2, -0.15) is 0 Å².